The first kappa shape index (κ1) is 14.4. The highest BCUT2D eigenvalue weighted by Gasteiger charge is 2.28. The van der Waals surface area contributed by atoms with Crippen LogP contribution in [0, 0.1) is 0 Å². The topological polar surface area (TPSA) is 32.3 Å². The highest BCUT2D eigenvalue weighted by Crippen LogP contribution is 2.43. The number of thioether (sulfide) groups is 1. The minimum Gasteiger partial charge on any atom is -0.389 e. The highest BCUT2D eigenvalue weighted by molar-refractivity contribution is 8.01. The Hall–Kier alpha value is -0.0300. The molecule has 2 nitrogen and oxygen atoms in total. The van der Waals surface area contributed by atoms with Gasteiger partial charge in [0.2, 0.25) is 0 Å². The largest absolute Gasteiger partial charge is 0.389 e. The Morgan fingerprint density at radius 3 is 3.06 bits per heavy atom. The van der Waals surface area contributed by atoms with Gasteiger partial charge in [0, 0.05) is 17.8 Å². The van der Waals surface area contributed by atoms with Gasteiger partial charge < -0.3 is 10.4 Å². The van der Waals surface area contributed by atoms with Crippen LogP contribution in [-0.2, 0) is 0 Å². The van der Waals surface area contributed by atoms with Gasteiger partial charge in [-0.05, 0) is 36.8 Å². The van der Waals surface area contributed by atoms with Crippen molar-refractivity contribution in [3.63, 3.8) is 0 Å². The Morgan fingerprint density at radius 2 is 2.33 bits per heavy atom. The lowest BCUT2D eigenvalue weighted by molar-refractivity contribution is 0.0467. The van der Waals surface area contributed by atoms with Crippen LogP contribution in [0.3, 0.4) is 0 Å². The SMILES string of the molecule is CCCC(C)(O)CNC1C[C@H](C)Sc2sccc21. The van der Waals surface area contributed by atoms with E-state index in [-0.39, 0.29) is 0 Å². The van der Waals surface area contributed by atoms with E-state index in [0.29, 0.717) is 17.8 Å². The number of aliphatic hydroxyl groups is 1. The molecule has 1 aromatic heterocycles. The monoisotopic (exact) mass is 285 g/mol. The van der Waals surface area contributed by atoms with Gasteiger partial charge in [-0.1, -0.05) is 20.3 Å². The molecular formula is C14H23NOS2. The molecule has 3 atom stereocenters. The Balaban J connectivity index is 1.98. The zero-order valence-corrected chi connectivity index (χ0v) is 13.0. The quantitative estimate of drug-likeness (QED) is 0.863. The molecule has 2 unspecified atom stereocenters. The number of hydrogen-bond donors (Lipinski definition) is 2. The third-order valence-corrected chi connectivity index (χ3v) is 5.77. The van der Waals surface area contributed by atoms with Gasteiger partial charge in [0.05, 0.1) is 9.81 Å². The van der Waals surface area contributed by atoms with Gasteiger partial charge in [-0.3, -0.25) is 0 Å². The fraction of sp³-hybridized carbons (Fsp3) is 0.714. The second kappa shape index (κ2) is 5.95. The fourth-order valence-corrected chi connectivity index (χ4v) is 5.08. The summed E-state index contributed by atoms with van der Waals surface area (Å²) >= 11 is 3.82. The summed E-state index contributed by atoms with van der Waals surface area (Å²) in [6.45, 7) is 7.01. The van der Waals surface area contributed by atoms with Crippen LogP contribution in [-0.4, -0.2) is 22.5 Å². The molecule has 0 amide bonds. The number of rotatable bonds is 5. The average molecular weight is 285 g/mol. The van der Waals surface area contributed by atoms with Crippen molar-refractivity contribution in [2.45, 2.75) is 61.1 Å². The van der Waals surface area contributed by atoms with Crippen molar-refractivity contribution in [2.75, 3.05) is 6.54 Å². The van der Waals surface area contributed by atoms with E-state index in [9.17, 15) is 5.11 Å². The molecule has 0 fully saturated rings. The molecule has 0 aromatic carbocycles. The van der Waals surface area contributed by atoms with E-state index in [1.165, 1.54) is 9.77 Å². The van der Waals surface area contributed by atoms with Gasteiger partial charge >= 0.3 is 0 Å². The zero-order valence-electron chi connectivity index (χ0n) is 11.4. The summed E-state index contributed by atoms with van der Waals surface area (Å²) in [5, 5.41) is 16.6. The Kier molecular flexibility index (Phi) is 4.75. The average Bonchev–Trinajstić information content (AvgIpc) is 2.73. The molecule has 2 rings (SSSR count). The predicted octanol–water partition coefficient (Wildman–Crippen LogP) is 3.81. The smallest absolute Gasteiger partial charge is 0.0743 e. The van der Waals surface area contributed by atoms with Crippen molar-refractivity contribution in [2.24, 2.45) is 0 Å². The third kappa shape index (κ3) is 3.50. The summed E-state index contributed by atoms with van der Waals surface area (Å²) in [5.74, 6) is 0. The Bertz CT molecular complexity index is 389. The predicted molar refractivity (Wildman–Crippen MR) is 80.5 cm³/mol. The van der Waals surface area contributed by atoms with Crippen molar-refractivity contribution in [3.05, 3.63) is 17.0 Å². The summed E-state index contributed by atoms with van der Waals surface area (Å²) in [4.78, 5) is 0. The summed E-state index contributed by atoms with van der Waals surface area (Å²) in [6.07, 6.45) is 3.03. The second-order valence-electron chi connectivity index (χ2n) is 5.51. The van der Waals surface area contributed by atoms with Crippen LogP contribution in [0.15, 0.2) is 15.7 Å². The first-order valence-electron chi connectivity index (χ1n) is 6.71. The molecule has 4 heteroatoms. The molecule has 0 bridgehead atoms. The lowest BCUT2D eigenvalue weighted by atomic mass is 9.98. The maximum Gasteiger partial charge on any atom is 0.0743 e. The molecular weight excluding hydrogens is 262 g/mol. The second-order valence-corrected chi connectivity index (χ2v) is 8.13. The highest BCUT2D eigenvalue weighted by atomic mass is 32.2. The van der Waals surface area contributed by atoms with Gasteiger partial charge in [0.25, 0.3) is 0 Å². The number of nitrogens with one attached hydrogen (secondary N) is 1. The Morgan fingerprint density at radius 1 is 1.56 bits per heavy atom. The summed E-state index contributed by atoms with van der Waals surface area (Å²) in [6, 6.07) is 2.64. The molecule has 0 spiro atoms. The fourth-order valence-electron chi connectivity index (χ4n) is 2.51. The normalized spacial score (nSPS) is 26.7. The summed E-state index contributed by atoms with van der Waals surface area (Å²) in [7, 11) is 0. The van der Waals surface area contributed by atoms with Crippen LogP contribution in [0.5, 0.6) is 0 Å². The molecule has 0 saturated heterocycles. The van der Waals surface area contributed by atoms with Gasteiger partial charge in [-0.15, -0.1) is 23.1 Å². The van der Waals surface area contributed by atoms with E-state index in [0.717, 1.165) is 19.3 Å². The molecule has 2 N–H and O–H groups in total. The van der Waals surface area contributed by atoms with Crippen molar-refractivity contribution < 1.29 is 5.11 Å². The van der Waals surface area contributed by atoms with Crippen LogP contribution in [0.4, 0.5) is 0 Å². The maximum atomic E-state index is 10.2. The van der Waals surface area contributed by atoms with Crippen LogP contribution < -0.4 is 5.32 Å². The number of fused-ring (bicyclic) bond motifs is 1. The van der Waals surface area contributed by atoms with E-state index in [2.05, 4.69) is 30.6 Å². The number of hydrogen-bond acceptors (Lipinski definition) is 4. The van der Waals surface area contributed by atoms with E-state index in [1.807, 2.05) is 30.0 Å². The number of thiophene rings is 1. The maximum absolute atomic E-state index is 10.2. The van der Waals surface area contributed by atoms with Gasteiger partial charge in [0.15, 0.2) is 0 Å². The molecule has 0 aliphatic carbocycles. The Labute approximate surface area is 118 Å². The first-order chi connectivity index (χ1) is 8.52. The van der Waals surface area contributed by atoms with E-state index in [4.69, 9.17) is 0 Å². The van der Waals surface area contributed by atoms with Crippen molar-refractivity contribution in [1.82, 2.24) is 5.32 Å². The lowest BCUT2D eigenvalue weighted by Gasteiger charge is -2.31. The van der Waals surface area contributed by atoms with E-state index in [1.54, 1.807) is 0 Å². The molecule has 1 aromatic rings. The van der Waals surface area contributed by atoms with Crippen LogP contribution in [0.25, 0.3) is 0 Å². The molecule has 1 aliphatic rings. The van der Waals surface area contributed by atoms with E-state index >= 15 is 0 Å². The molecule has 0 saturated carbocycles. The zero-order chi connectivity index (χ0) is 13.2. The van der Waals surface area contributed by atoms with Crippen molar-refractivity contribution in [3.8, 4) is 0 Å². The van der Waals surface area contributed by atoms with Gasteiger partial charge in [-0.25, -0.2) is 0 Å². The van der Waals surface area contributed by atoms with Crippen LogP contribution in [0.1, 0.15) is 51.6 Å². The molecule has 102 valence electrons. The van der Waals surface area contributed by atoms with Gasteiger partial charge in [0.1, 0.15) is 0 Å². The summed E-state index contributed by atoms with van der Waals surface area (Å²) < 4.78 is 1.45. The third-order valence-electron chi connectivity index (χ3n) is 3.43. The van der Waals surface area contributed by atoms with E-state index < -0.39 is 5.60 Å². The minimum atomic E-state index is -0.585. The molecule has 1 aliphatic heterocycles. The lowest BCUT2D eigenvalue weighted by Crippen LogP contribution is -2.40. The molecule has 2 heterocycles. The van der Waals surface area contributed by atoms with Crippen molar-refractivity contribution in [1.29, 1.82) is 0 Å². The van der Waals surface area contributed by atoms with Gasteiger partial charge in [-0.2, -0.15) is 0 Å². The van der Waals surface area contributed by atoms with Crippen LogP contribution >= 0.6 is 23.1 Å². The standard InChI is InChI=1S/C14H23NOS2/c1-4-6-14(3,16)9-15-12-8-10(2)18-13-11(12)5-7-17-13/h5,7,10,12,15-16H,4,6,8-9H2,1-3H3/t10-,12?,14?/m0/s1. The van der Waals surface area contributed by atoms with Crippen LogP contribution in [0.2, 0.25) is 0 Å². The molecule has 18 heavy (non-hydrogen) atoms. The molecule has 0 radical (unpaired) electrons. The van der Waals surface area contributed by atoms with Crippen molar-refractivity contribution >= 4 is 23.1 Å². The minimum absolute atomic E-state index is 0.408. The summed E-state index contributed by atoms with van der Waals surface area (Å²) in [5.41, 5.74) is 0.842. The first-order valence-corrected chi connectivity index (χ1v) is 8.47.